The first kappa shape index (κ1) is 37.3. The second-order valence-corrected chi connectivity index (χ2v) is 9.50. The fourth-order valence-electron chi connectivity index (χ4n) is 3.41. The molecule has 0 radical (unpaired) electrons. The van der Waals surface area contributed by atoms with Crippen molar-refractivity contribution in [2.24, 2.45) is 0 Å². The van der Waals surface area contributed by atoms with E-state index in [2.05, 4.69) is 13.8 Å². The van der Waals surface area contributed by atoms with Crippen molar-refractivity contribution in [2.75, 3.05) is 13.2 Å². The van der Waals surface area contributed by atoms with E-state index in [9.17, 15) is 24.9 Å². The maximum atomic E-state index is 11.9. The molecule has 3 N–H and O–H groups in total. The minimum absolute atomic E-state index is 0.156. The summed E-state index contributed by atoms with van der Waals surface area (Å²) in [4.78, 5) is 23.8. The predicted molar refractivity (Wildman–Crippen MR) is 162 cm³/mol. The van der Waals surface area contributed by atoms with Gasteiger partial charge < -0.3 is 24.8 Å². The minimum atomic E-state index is -0.840. The molecule has 226 valence electrons. The number of allylic oxidation sites excluding steroid dienone is 8. The van der Waals surface area contributed by atoms with E-state index < -0.39 is 30.9 Å². The molecule has 0 heterocycles. The van der Waals surface area contributed by atoms with Gasteiger partial charge in [0.1, 0.15) is 6.61 Å². The van der Waals surface area contributed by atoms with E-state index in [1.807, 2.05) is 48.6 Å². The van der Waals surface area contributed by atoms with Gasteiger partial charge in [-0.3, -0.25) is 9.59 Å². The first-order chi connectivity index (χ1) is 19.4. The molecular formula is C33H52O7. The van der Waals surface area contributed by atoms with E-state index in [0.29, 0.717) is 25.7 Å². The summed E-state index contributed by atoms with van der Waals surface area (Å²) >= 11 is 0. The van der Waals surface area contributed by atoms with Gasteiger partial charge in [-0.2, -0.15) is 0 Å². The highest BCUT2D eigenvalue weighted by atomic mass is 16.6. The van der Waals surface area contributed by atoms with E-state index in [0.717, 1.165) is 44.9 Å². The van der Waals surface area contributed by atoms with Gasteiger partial charge in [-0.05, 0) is 38.5 Å². The van der Waals surface area contributed by atoms with Crippen molar-refractivity contribution < 1.29 is 34.4 Å². The van der Waals surface area contributed by atoms with Crippen LogP contribution in [0.4, 0.5) is 0 Å². The van der Waals surface area contributed by atoms with Crippen LogP contribution in [0.5, 0.6) is 0 Å². The van der Waals surface area contributed by atoms with Crippen molar-refractivity contribution in [3.8, 4) is 0 Å². The Morgan fingerprint density at radius 2 is 1.45 bits per heavy atom. The molecule has 0 aliphatic carbocycles. The molecule has 0 fully saturated rings. The molecule has 0 spiro atoms. The van der Waals surface area contributed by atoms with E-state index in [1.54, 1.807) is 24.3 Å². The van der Waals surface area contributed by atoms with Gasteiger partial charge in [0, 0.05) is 12.8 Å². The number of hydrogen-bond acceptors (Lipinski definition) is 7. The summed E-state index contributed by atoms with van der Waals surface area (Å²) in [7, 11) is 0. The molecule has 0 aliphatic heterocycles. The van der Waals surface area contributed by atoms with Crippen molar-refractivity contribution in [3.05, 3.63) is 72.9 Å². The zero-order valence-electron chi connectivity index (χ0n) is 24.5. The molecule has 0 saturated heterocycles. The quantitative estimate of drug-likeness (QED) is 0.0556. The molecule has 0 amide bonds. The van der Waals surface area contributed by atoms with E-state index in [4.69, 9.17) is 9.47 Å². The molecule has 0 unspecified atom stereocenters. The fourth-order valence-corrected chi connectivity index (χ4v) is 3.41. The molecule has 0 aliphatic rings. The lowest BCUT2D eigenvalue weighted by Gasteiger charge is -2.15. The predicted octanol–water partition coefficient (Wildman–Crippen LogP) is 6.21. The fraction of sp³-hybridized carbons (Fsp3) is 0.576. The number of aliphatic hydroxyl groups excluding tert-OH is 3. The summed E-state index contributed by atoms with van der Waals surface area (Å²) in [6, 6.07) is 0. The Balaban J connectivity index is 3.99. The van der Waals surface area contributed by atoms with E-state index in [-0.39, 0.29) is 19.0 Å². The number of rotatable bonds is 24. The van der Waals surface area contributed by atoms with Crippen LogP contribution in [0.2, 0.25) is 0 Å². The van der Waals surface area contributed by atoms with Crippen LogP contribution in [0.1, 0.15) is 90.9 Å². The summed E-state index contributed by atoms with van der Waals surface area (Å²) in [5, 5.41) is 29.1. The number of ether oxygens (including phenoxy) is 2. The van der Waals surface area contributed by atoms with Crippen molar-refractivity contribution in [1.82, 2.24) is 0 Å². The van der Waals surface area contributed by atoms with Crippen LogP contribution in [-0.2, 0) is 19.1 Å². The maximum absolute atomic E-state index is 11.9. The maximum Gasteiger partial charge on any atom is 0.306 e. The summed E-state index contributed by atoms with van der Waals surface area (Å²) in [5.41, 5.74) is 0. The molecule has 0 aromatic rings. The van der Waals surface area contributed by atoms with Crippen molar-refractivity contribution in [3.63, 3.8) is 0 Å². The molecule has 7 heteroatoms. The van der Waals surface area contributed by atoms with Crippen molar-refractivity contribution >= 4 is 11.9 Å². The Morgan fingerprint density at radius 1 is 0.750 bits per heavy atom. The Hall–Kier alpha value is -2.74. The van der Waals surface area contributed by atoms with Gasteiger partial charge >= 0.3 is 11.9 Å². The number of carbonyl (C=O) groups is 2. The monoisotopic (exact) mass is 560 g/mol. The van der Waals surface area contributed by atoms with Gasteiger partial charge in [-0.25, -0.2) is 0 Å². The Labute approximate surface area is 241 Å². The molecule has 0 aromatic carbocycles. The van der Waals surface area contributed by atoms with Gasteiger partial charge in [-0.1, -0.05) is 112 Å². The number of esters is 2. The summed E-state index contributed by atoms with van der Waals surface area (Å²) in [6.45, 7) is 3.64. The Bertz CT molecular complexity index is 808. The van der Waals surface area contributed by atoms with Gasteiger partial charge in [0.2, 0.25) is 0 Å². The lowest BCUT2D eigenvalue weighted by Crippen LogP contribution is -2.28. The topological polar surface area (TPSA) is 113 Å². The highest BCUT2D eigenvalue weighted by molar-refractivity contribution is 5.70. The highest BCUT2D eigenvalue weighted by Crippen LogP contribution is 2.08. The van der Waals surface area contributed by atoms with Crippen LogP contribution in [0.3, 0.4) is 0 Å². The minimum Gasteiger partial charge on any atom is -0.462 e. The average Bonchev–Trinajstić information content (AvgIpc) is 2.94. The van der Waals surface area contributed by atoms with Crippen molar-refractivity contribution in [1.29, 1.82) is 0 Å². The average molecular weight is 561 g/mol. The lowest BCUT2D eigenvalue weighted by molar-refractivity contribution is -0.161. The largest absolute Gasteiger partial charge is 0.462 e. The smallest absolute Gasteiger partial charge is 0.306 e. The van der Waals surface area contributed by atoms with Crippen LogP contribution < -0.4 is 0 Å². The number of carbonyl (C=O) groups excluding carboxylic acids is 2. The first-order valence-corrected chi connectivity index (χ1v) is 14.7. The van der Waals surface area contributed by atoms with Gasteiger partial charge in [-0.15, -0.1) is 0 Å². The second-order valence-electron chi connectivity index (χ2n) is 9.50. The number of unbranched alkanes of at least 4 members (excludes halogenated alkanes) is 5. The van der Waals surface area contributed by atoms with Gasteiger partial charge in [0.05, 0.1) is 18.8 Å². The number of aliphatic hydroxyl groups is 3. The van der Waals surface area contributed by atoms with Crippen LogP contribution in [0.15, 0.2) is 72.9 Å². The van der Waals surface area contributed by atoms with Crippen molar-refractivity contribution in [2.45, 2.75) is 109 Å². The molecule has 0 rings (SSSR count). The van der Waals surface area contributed by atoms with Crippen LogP contribution in [0.25, 0.3) is 0 Å². The van der Waals surface area contributed by atoms with E-state index in [1.165, 1.54) is 0 Å². The normalized spacial score (nSPS) is 14.8. The zero-order chi connectivity index (χ0) is 29.7. The lowest BCUT2D eigenvalue weighted by atomic mass is 10.1. The third kappa shape index (κ3) is 25.5. The Morgan fingerprint density at radius 3 is 2.15 bits per heavy atom. The molecule has 0 saturated carbocycles. The third-order valence-corrected chi connectivity index (χ3v) is 5.69. The van der Waals surface area contributed by atoms with Crippen LogP contribution in [-0.4, -0.2) is 58.8 Å². The summed E-state index contributed by atoms with van der Waals surface area (Å²) in [5.74, 6) is -0.800. The summed E-state index contributed by atoms with van der Waals surface area (Å²) in [6.07, 6.45) is 29.3. The first-order valence-electron chi connectivity index (χ1n) is 14.7. The van der Waals surface area contributed by atoms with Crippen LogP contribution >= 0.6 is 0 Å². The molecule has 3 atom stereocenters. The zero-order valence-corrected chi connectivity index (χ0v) is 24.5. The second kappa shape index (κ2) is 27.8. The van der Waals surface area contributed by atoms with E-state index >= 15 is 0 Å². The van der Waals surface area contributed by atoms with Gasteiger partial charge in [0.25, 0.3) is 0 Å². The third-order valence-electron chi connectivity index (χ3n) is 5.69. The van der Waals surface area contributed by atoms with Gasteiger partial charge in [0.15, 0.2) is 6.10 Å². The Kier molecular flexibility index (Phi) is 25.9. The molecular weight excluding hydrogens is 508 g/mol. The SMILES string of the molecule is CC/C=C\C[C@@H](O)/C=C/C=C\C/C=C\C=C\[C@@H](O)/C=C\CCCC(=O)OC[C@H](CO)OC(=O)CCCCCCC. The summed E-state index contributed by atoms with van der Waals surface area (Å²) < 4.78 is 10.3. The molecule has 0 bridgehead atoms. The highest BCUT2D eigenvalue weighted by Gasteiger charge is 2.15. The van der Waals surface area contributed by atoms with Crippen LogP contribution in [0, 0.1) is 0 Å². The number of hydrogen-bond donors (Lipinski definition) is 3. The molecule has 40 heavy (non-hydrogen) atoms. The molecule has 7 nitrogen and oxygen atoms in total. The molecule has 0 aromatic heterocycles. The standard InChI is InChI=1S/C33H52O7/c1-3-5-7-11-19-26-33(38)40-31(27-34)28-39-32(37)25-20-14-18-24-30(36)23-17-13-10-8-9-12-16-22-29(35)21-15-6-4-2/h6,9-10,12-13,15-18,22-24,29-31,34-36H,3-5,7-8,11,14,19-21,25-28H2,1-2H3/b12-9-,13-10-,15-6-,22-16+,23-17+,24-18-/t29-,30-,31+/m1/s1.